The van der Waals surface area contributed by atoms with E-state index in [9.17, 15) is 18.0 Å². The number of fused-ring (bicyclic) bond motifs is 1. The lowest BCUT2D eigenvalue weighted by Crippen LogP contribution is -2.52. The second-order valence-electron chi connectivity index (χ2n) is 7.24. The smallest absolute Gasteiger partial charge is 0.269 e. The zero-order valence-electron chi connectivity index (χ0n) is 15.6. The number of ether oxygens (including phenoxy) is 1. The molecule has 0 bridgehead atoms. The van der Waals surface area contributed by atoms with Crippen LogP contribution in [0, 0.1) is 0 Å². The van der Waals surface area contributed by atoms with Crippen LogP contribution in [0.5, 0.6) is 0 Å². The normalized spacial score (nSPS) is 26.1. The van der Waals surface area contributed by atoms with E-state index in [4.69, 9.17) is 4.74 Å². The molecule has 2 atom stereocenters. The Labute approximate surface area is 170 Å². The van der Waals surface area contributed by atoms with Gasteiger partial charge in [-0.1, -0.05) is 0 Å². The lowest BCUT2D eigenvalue weighted by Gasteiger charge is -2.34. The van der Waals surface area contributed by atoms with Gasteiger partial charge in [-0.3, -0.25) is 9.59 Å². The third kappa shape index (κ3) is 3.52. The Morgan fingerprint density at radius 3 is 2.82 bits per heavy atom. The van der Waals surface area contributed by atoms with E-state index in [2.05, 4.69) is 5.32 Å². The molecule has 8 nitrogen and oxygen atoms in total. The predicted molar refractivity (Wildman–Crippen MR) is 104 cm³/mol. The minimum absolute atomic E-state index is 0. The number of nitrogens with one attached hydrogen (secondary N) is 1. The molecule has 4 rings (SSSR count). The molecule has 1 aromatic carbocycles. The van der Waals surface area contributed by atoms with Gasteiger partial charge in [-0.2, -0.15) is 0 Å². The van der Waals surface area contributed by atoms with Gasteiger partial charge in [0.2, 0.25) is 0 Å². The Balaban J connectivity index is 0.00000225. The van der Waals surface area contributed by atoms with E-state index in [0.717, 1.165) is 17.1 Å². The fourth-order valence-electron chi connectivity index (χ4n) is 3.87. The molecule has 154 valence electrons. The van der Waals surface area contributed by atoms with Crippen LogP contribution in [0.1, 0.15) is 40.5 Å². The molecule has 2 saturated heterocycles. The number of benzene rings is 1. The van der Waals surface area contributed by atoms with E-state index < -0.39 is 15.9 Å². The molecule has 2 amide bonds. The van der Waals surface area contributed by atoms with Crippen molar-refractivity contribution in [3.8, 4) is 0 Å². The van der Waals surface area contributed by atoms with Crippen molar-refractivity contribution in [1.29, 1.82) is 0 Å². The summed E-state index contributed by atoms with van der Waals surface area (Å²) in [4.78, 5) is 27.1. The number of carbonyl (C=O) groups excluding carboxylic acids is 2. The van der Waals surface area contributed by atoms with Crippen molar-refractivity contribution in [2.24, 2.45) is 0 Å². The minimum atomic E-state index is -3.96. The molecule has 28 heavy (non-hydrogen) atoms. The molecule has 0 aliphatic carbocycles. The molecular weight excluding hydrogens is 406 g/mol. The Morgan fingerprint density at radius 1 is 1.36 bits per heavy atom. The maximum atomic E-state index is 12.9. The van der Waals surface area contributed by atoms with Crippen molar-refractivity contribution in [2.75, 3.05) is 32.8 Å². The first-order valence-electron chi connectivity index (χ1n) is 9.24. The summed E-state index contributed by atoms with van der Waals surface area (Å²) < 4.78 is 32.2. The summed E-state index contributed by atoms with van der Waals surface area (Å²) >= 11 is 0. The summed E-state index contributed by atoms with van der Waals surface area (Å²) in [5.74, 6) is -0.762. The molecule has 0 radical (unpaired) electrons. The topological polar surface area (TPSA) is 96.0 Å². The third-order valence-corrected chi connectivity index (χ3v) is 7.20. The van der Waals surface area contributed by atoms with E-state index in [1.165, 1.54) is 12.1 Å². The van der Waals surface area contributed by atoms with Crippen molar-refractivity contribution >= 4 is 34.2 Å². The minimum Gasteiger partial charge on any atom is -0.376 e. The maximum absolute atomic E-state index is 12.9. The first-order valence-corrected chi connectivity index (χ1v) is 10.7. The summed E-state index contributed by atoms with van der Waals surface area (Å²) in [5.41, 5.74) is 0.413. The molecule has 1 unspecified atom stereocenters. The highest BCUT2D eigenvalue weighted by atomic mass is 35.5. The Hall–Kier alpha value is -1.68. The standard InChI is InChI=1S/C18H23N3O5S.ClH/c1-12-10-19-6-7-20(12)17(22)13-4-5-15-16(9-13)27(24,25)21(18(15)23)11-14-3-2-8-26-14;/h4-5,9,12,14,19H,2-3,6-8,10-11H2,1H3;1H/t12-,14?;/m1./s1. The number of carbonyl (C=O) groups is 2. The monoisotopic (exact) mass is 429 g/mol. The van der Waals surface area contributed by atoms with Crippen LogP contribution in [-0.4, -0.2) is 74.4 Å². The lowest BCUT2D eigenvalue weighted by atomic mass is 10.1. The fourth-order valence-corrected chi connectivity index (χ4v) is 5.50. The number of rotatable bonds is 3. The van der Waals surface area contributed by atoms with Crippen LogP contribution in [-0.2, 0) is 14.8 Å². The molecule has 0 saturated carbocycles. The average molecular weight is 430 g/mol. The Bertz CT molecular complexity index is 885. The number of hydrogen-bond donors (Lipinski definition) is 1. The zero-order chi connectivity index (χ0) is 19.2. The Morgan fingerprint density at radius 2 is 2.14 bits per heavy atom. The largest absolute Gasteiger partial charge is 0.376 e. The van der Waals surface area contributed by atoms with E-state index in [-0.39, 0.29) is 53.0 Å². The van der Waals surface area contributed by atoms with Crippen molar-refractivity contribution in [3.05, 3.63) is 29.3 Å². The second kappa shape index (κ2) is 7.98. The van der Waals surface area contributed by atoms with Crippen molar-refractivity contribution < 1.29 is 22.7 Å². The van der Waals surface area contributed by atoms with Gasteiger partial charge in [-0.15, -0.1) is 12.4 Å². The van der Waals surface area contributed by atoms with Crippen LogP contribution in [0.15, 0.2) is 23.1 Å². The zero-order valence-corrected chi connectivity index (χ0v) is 17.2. The summed E-state index contributed by atoms with van der Waals surface area (Å²) in [6.45, 7) is 4.51. The van der Waals surface area contributed by atoms with Crippen LogP contribution in [0.25, 0.3) is 0 Å². The lowest BCUT2D eigenvalue weighted by molar-refractivity contribution is 0.0654. The van der Waals surface area contributed by atoms with Gasteiger partial charge in [0.25, 0.3) is 21.8 Å². The number of piperazine rings is 1. The highest BCUT2D eigenvalue weighted by Crippen LogP contribution is 2.32. The molecule has 2 fully saturated rings. The summed E-state index contributed by atoms with van der Waals surface area (Å²) in [5, 5.41) is 3.22. The summed E-state index contributed by atoms with van der Waals surface area (Å²) in [6.07, 6.45) is 1.34. The van der Waals surface area contributed by atoms with Crippen LogP contribution in [0.4, 0.5) is 0 Å². The summed E-state index contributed by atoms with van der Waals surface area (Å²) in [6, 6.07) is 4.35. The van der Waals surface area contributed by atoms with E-state index in [0.29, 0.717) is 26.2 Å². The molecule has 3 aliphatic rings. The quantitative estimate of drug-likeness (QED) is 0.765. The number of halogens is 1. The molecule has 3 heterocycles. The predicted octanol–water partition coefficient (Wildman–Crippen LogP) is 0.866. The highest BCUT2D eigenvalue weighted by molar-refractivity contribution is 7.90. The number of hydrogen-bond acceptors (Lipinski definition) is 6. The maximum Gasteiger partial charge on any atom is 0.269 e. The van der Waals surface area contributed by atoms with Gasteiger partial charge in [-0.05, 0) is 38.0 Å². The van der Waals surface area contributed by atoms with E-state index in [1.807, 2.05) is 6.92 Å². The molecule has 0 spiro atoms. The molecular formula is C18H24ClN3O5S. The van der Waals surface area contributed by atoms with Gasteiger partial charge in [0, 0.05) is 37.8 Å². The van der Waals surface area contributed by atoms with Gasteiger partial charge in [0.1, 0.15) is 4.90 Å². The third-order valence-electron chi connectivity index (χ3n) is 5.41. The van der Waals surface area contributed by atoms with Gasteiger partial charge in [0.15, 0.2) is 0 Å². The fraction of sp³-hybridized carbons (Fsp3) is 0.556. The van der Waals surface area contributed by atoms with Gasteiger partial charge in [0.05, 0.1) is 18.2 Å². The van der Waals surface area contributed by atoms with Gasteiger partial charge >= 0.3 is 0 Å². The van der Waals surface area contributed by atoms with Crippen LogP contribution < -0.4 is 5.32 Å². The van der Waals surface area contributed by atoms with Crippen LogP contribution in [0.3, 0.4) is 0 Å². The number of sulfonamides is 1. The SMILES string of the molecule is C[C@@H]1CNCCN1C(=O)c1ccc2c(c1)S(=O)(=O)N(CC1CCCO1)C2=O.Cl. The van der Waals surface area contributed by atoms with E-state index in [1.54, 1.807) is 11.0 Å². The number of amides is 2. The first-order chi connectivity index (χ1) is 12.9. The van der Waals surface area contributed by atoms with Crippen molar-refractivity contribution in [3.63, 3.8) is 0 Å². The molecule has 0 aromatic heterocycles. The van der Waals surface area contributed by atoms with E-state index >= 15 is 0 Å². The highest BCUT2D eigenvalue weighted by Gasteiger charge is 2.43. The van der Waals surface area contributed by atoms with Crippen LogP contribution >= 0.6 is 12.4 Å². The Kier molecular flexibility index (Phi) is 6.00. The summed E-state index contributed by atoms with van der Waals surface area (Å²) in [7, 11) is -3.96. The van der Waals surface area contributed by atoms with Crippen LogP contribution in [0.2, 0.25) is 0 Å². The first kappa shape index (κ1) is 21.0. The average Bonchev–Trinajstić information content (AvgIpc) is 3.23. The van der Waals surface area contributed by atoms with Crippen molar-refractivity contribution in [2.45, 2.75) is 36.8 Å². The molecule has 1 aromatic rings. The number of nitrogens with zero attached hydrogens (tertiary/aromatic N) is 2. The molecule has 10 heteroatoms. The van der Waals surface area contributed by atoms with Gasteiger partial charge in [-0.25, -0.2) is 12.7 Å². The second-order valence-corrected chi connectivity index (χ2v) is 9.07. The van der Waals surface area contributed by atoms with Crippen molar-refractivity contribution in [1.82, 2.24) is 14.5 Å². The molecule has 1 N–H and O–H groups in total. The van der Waals surface area contributed by atoms with Gasteiger partial charge < -0.3 is 15.0 Å². The molecule has 3 aliphatic heterocycles.